The minimum atomic E-state index is -0.0313. The van der Waals surface area contributed by atoms with Gasteiger partial charge >= 0.3 is 0 Å². The third kappa shape index (κ3) is 3.37. The minimum Gasteiger partial charge on any atom is -0.347 e. The molecule has 0 radical (unpaired) electrons. The van der Waals surface area contributed by atoms with E-state index < -0.39 is 0 Å². The van der Waals surface area contributed by atoms with Crippen molar-refractivity contribution in [1.82, 2.24) is 14.9 Å². The van der Waals surface area contributed by atoms with E-state index in [4.69, 9.17) is 10.7 Å². The van der Waals surface area contributed by atoms with E-state index in [0.717, 1.165) is 62.4 Å². The van der Waals surface area contributed by atoms with Gasteiger partial charge in [-0.2, -0.15) is 0 Å². The largest absolute Gasteiger partial charge is 0.347 e. The van der Waals surface area contributed by atoms with E-state index >= 15 is 0 Å². The smallest absolute Gasteiger partial charge is 0.253 e. The number of carbonyl (C=O) groups is 1. The second kappa shape index (κ2) is 7.51. The van der Waals surface area contributed by atoms with Gasteiger partial charge in [-0.25, -0.2) is 9.97 Å². The maximum atomic E-state index is 13.2. The predicted octanol–water partition coefficient (Wildman–Crippen LogP) is 2.16. The summed E-state index contributed by atoms with van der Waals surface area (Å²) < 4.78 is 0. The number of benzene rings is 1. The molecule has 1 aliphatic heterocycles. The summed E-state index contributed by atoms with van der Waals surface area (Å²) in [5.74, 6) is 0.868. The number of likely N-dealkylation sites (tertiary alicyclic amines) is 1. The van der Waals surface area contributed by atoms with E-state index in [-0.39, 0.29) is 11.3 Å². The van der Waals surface area contributed by atoms with Crippen LogP contribution in [0.4, 0.5) is 5.95 Å². The summed E-state index contributed by atoms with van der Waals surface area (Å²) in [6.45, 7) is 2.18. The molecule has 1 aliphatic carbocycles. The van der Waals surface area contributed by atoms with Crippen LogP contribution in [-0.2, 0) is 18.3 Å². The van der Waals surface area contributed by atoms with Gasteiger partial charge in [-0.15, -0.1) is 0 Å². The Bertz CT molecular complexity index is 860. The number of hydrogen-bond donors (Lipinski definition) is 1. The zero-order chi connectivity index (χ0) is 19.7. The molecule has 0 bridgehead atoms. The SMILES string of the molecule is CN(C)c1ncc2c(n1)C1(CCCN(C(=O)c3ccc(CCN)cc3)C1)CC2. The first kappa shape index (κ1) is 18.9. The molecule has 1 spiro atoms. The molecular weight excluding hydrogens is 350 g/mol. The fraction of sp³-hybridized carbons (Fsp3) is 0.500. The van der Waals surface area contributed by atoms with Crippen LogP contribution in [0.2, 0.25) is 0 Å². The van der Waals surface area contributed by atoms with Crippen LogP contribution in [0.25, 0.3) is 0 Å². The number of anilines is 1. The lowest BCUT2D eigenvalue weighted by molar-refractivity contribution is 0.0633. The molecule has 1 amide bonds. The van der Waals surface area contributed by atoms with E-state index in [0.29, 0.717) is 6.54 Å². The second-order valence-corrected chi connectivity index (χ2v) is 8.28. The van der Waals surface area contributed by atoms with Gasteiger partial charge in [-0.05, 0) is 61.9 Å². The molecule has 1 atom stereocenters. The van der Waals surface area contributed by atoms with E-state index in [9.17, 15) is 4.79 Å². The molecule has 2 aliphatic rings. The van der Waals surface area contributed by atoms with Gasteiger partial charge < -0.3 is 15.5 Å². The second-order valence-electron chi connectivity index (χ2n) is 8.28. The monoisotopic (exact) mass is 379 g/mol. The first-order valence-electron chi connectivity index (χ1n) is 10.1. The van der Waals surface area contributed by atoms with Crippen molar-refractivity contribution in [3.8, 4) is 0 Å². The van der Waals surface area contributed by atoms with Gasteiger partial charge in [-0.1, -0.05) is 12.1 Å². The molecular formula is C22H29N5O. The Morgan fingerprint density at radius 1 is 1.25 bits per heavy atom. The zero-order valence-corrected chi connectivity index (χ0v) is 16.8. The number of rotatable bonds is 4. The van der Waals surface area contributed by atoms with Gasteiger partial charge in [0.1, 0.15) is 0 Å². The molecule has 4 rings (SSSR count). The molecule has 1 saturated heterocycles. The summed E-state index contributed by atoms with van der Waals surface area (Å²) in [6.07, 6.45) is 6.96. The number of piperidine rings is 1. The summed E-state index contributed by atoms with van der Waals surface area (Å²) >= 11 is 0. The molecule has 6 nitrogen and oxygen atoms in total. The quantitative estimate of drug-likeness (QED) is 0.881. The highest BCUT2D eigenvalue weighted by molar-refractivity contribution is 5.94. The van der Waals surface area contributed by atoms with Crippen LogP contribution in [0.15, 0.2) is 30.5 Å². The standard InChI is InChI=1S/C22H29N5O/c1-26(2)21-24-14-18-8-11-22(19(18)25-21)10-3-13-27(15-22)20(28)17-6-4-16(5-7-17)9-12-23/h4-7,14H,3,8-13,15,23H2,1-2H3. The number of carbonyl (C=O) groups excluding carboxylic acids is 1. The predicted molar refractivity (Wildman–Crippen MR) is 111 cm³/mol. The average Bonchev–Trinajstić information content (AvgIpc) is 3.05. The molecule has 1 aromatic heterocycles. The number of amides is 1. The van der Waals surface area contributed by atoms with E-state index in [2.05, 4.69) is 4.98 Å². The lowest BCUT2D eigenvalue weighted by Crippen LogP contribution is -2.48. The van der Waals surface area contributed by atoms with E-state index in [1.54, 1.807) is 0 Å². The number of nitrogens with zero attached hydrogens (tertiary/aromatic N) is 4. The lowest BCUT2D eigenvalue weighted by atomic mass is 9.77. The van der Waals surface area contributed by atoms with Gasteiger partial charge in [0.15, 0.2) is 0 Å². The zero-order valence-electron chi connectivity index (χ0n) is 16.8. The topological polar surface area (TPSA) is 75.4 Å². The summed E-state index contributed by atoms with van der Waals surface area (Å²) in [6, 6.07) is 7.90. The molecule has 1 aromatic carbocycles. The van der Waals surface area contributed by atoms with Crippen molar-refractivity contribution in [1.29, 1.82) is 0 Å². The highest BCUT2D eigenvalue weighted by Crippen LogP contribution is 2.44. The van der Waals surface area contributed by atoms with E-state index in [1.165, 1.54) is 11.1 Å². The number of hydrogen-bond acceptors (Lipinski definition) is 5. The molecule has 148 valence electrons. The molecule has 0 saturated carbocycles. The first-order chi connectivity index (χ1) is 13.5. The van der Waals surface area contributed by atoms with Crippen LogP contribution in [0.3, 0.4) is 0 Å². The van der Waals surface area contributed by atoms with Crippen molar-refractivity contribution in [2.75, 3.05) is 38.6 Å². The summed E-state index contributed by atoms with van der Waals surface area (Å²) in [5.41, 5.74) is 9.92. The molecule has 2 N–H and O–H groups in total. The van der Waals surface area contributed by atoms with Gasteiger partial charge in [0.25, 0.3) is 5.91 Å². The number of aromatic nitrogens is 2. The molecule has 1 fully saturated rings. The highest BCUT2D eigenvalue weighted by atomic mass is 16.2. The van der Waals surface area contributed by atoms with Crippen LogP contribution < -0.4 is 10.6 Å². The van der Waals surface area contributed by atoms with Crippen molar-refractivity contribution >= 4 is 11.9 Å². The van der Waals surface area contributed by atoms with Crippen LogP contribution >= 0.6 is 0 Å². The average molecular weight is 380 g/mol. The Balaban J connectivity index is 1.57. The van der Waals surface area contributed by atoms with Crippen LogP contribution in [0.1, 0.15) is 46.4 Å². The third-order valence-electron chi connectivity index (χ3n) is 6.13. The van der Waals surface area contributed by atoms with Gasteiger partial charge in [0, 0.05) is 44.4 Å². The lowest BCUT2D eigenvalue weighted by Gasteiger charge is -2.40. The van der Waals surface area contributed by atoms with Crippen molar-refractivity contribution in [3.63, 3.8) is 0 Å². The normalized spacial score (nSPS) is 21.0. The van der Waals surface area contributed by atoms with Crippen LogP contribution in [0.5, 0.6) is 0 Å². The molecule has 2 heterocycles. The molecule has 2 aromatic rings. The first-order valence-corrected chi connectivity index (χ1v) is 10.1. The minimum absolute atomic E-state index is 0.0313. The van der Waals surface area contributed by atoms with E-state index in [1.807, 2.05) is 54.4 Å². The van der Waals surface area contributed by atoms with Gasteiger partial charge in [0.2, 0.25) is 5.95 Å². The molecule has 28 heavy (non-hydrogen) atoms. The number of aryl methyl sites for hydroxylation is 1. The summed E-state index contributed by atoms with van der Waals surface area (Å²) in [5, 5.41) is 0. The Morgan fingerprint density at radius 3 is 2.75 bits per heavy atom. The van der Waals surface area contributed by atoms with Gasteiger partial charge in [-0.3, -0.25) is 4.79 Å². The fourth-order valence-electron chi connectivity index (χ4n) is 4.61. The number of nitrogens with two attached hydrogens (primary N) is 1. The number of fused-ring (bicyclic) bond motifs is 2. The summed E-state index contributed by atoms with van der Waals surface area (Å²) in [4.78, 5) is 26.5. The van der Waals surface area contributed by atoms with Gasteiger partial charge in [0.05, 0.1) is 5.69 Å². The Labute approximate surface area is 166 Å². The maximum absolute atomic E-state index is 13.2. The molecule has 6 heteroatoms. The van der Waals surface area contributed by atoms with Crippen LogP contribution in [-0.4, -0.2) is 54.5 Å². The van der Waals surface area contributed by atoms with Crippen molar-refractivity contribution in [2.45, 2.75) is 37.5 Å². The maximum Gasteiger partial charge on any atom is 0.253 e. The summed E-state index contributed by atoms with van der Waals surface area (Å²) in [7, 11) is 3.93. The molecule has 1 unspecified atom stereocenters. The third-order valence-corrected chi connectivity index (χ3v) is 6.13. The fourth-order valence-corrected chi connectivity index (χ4v) is 4.61. The Hall–Kier alpha value is -2.47. The van der Waals surface area contributed by atoms with Crippen molar-refractivity contribution < 1.29 is 4.79 Å². The van der Waals surface area contributed by atoms with Crippen molar-refractivity contribution in [2.24, 2.45) is 5.73 Å². The Kier molecular flexibility index (Phi) is 5.06. The van der Waals surface area contributed by atoms with Crippen LogP contribution in [0, 0.1) is 0 Å². The Morgan fingerprint density at radius 2 is 2.04 bits per heavy atom. The highest BCUT2D eigenvalue weighted by Gasteiger charge is 2.44. The van der Waals surface area contributed by atoms with Crippen molar-refractivity contribution in [3.05, 3.63) is 52.8 Å².